The molecule has 0 aromatic heterocycles. The fourth-order valence-corrected chi connectivity index (χ4v) is 2.50. The lowest BCUT2D eigenvalue weighted by molar-refractivity contribution is 1.48. The molecule has 0 N–H and O–H groups in total. The van der Waals surface area contributed by atoms with E-state index in [0.29, 0.717) is 36.8 Å². The Labute approximate surface area is 124 Å². The SMILES string of the molecule is N#Cc1cc(Cl)ccc1-c1c(Cl)ccc(Cl)c1Cl. The van der Waals surface area contributed by atoms with Crippen LogP contribution in [0.4, 0.5) is 0 Å². The minimum atomic E-state index is 0.322. The van der Waals surface area contributed by atoms with Crippen LogP contribution in [0.2, 0.25) is 20.1 Å². The molecule has 1 nitrogen and oxygen atoms in total. The van der Waals surface area contributed by atoms with Gasteiger partial charge in [-0.05, 0) is 24.3 Å². The summed E-state index contributed by atoms with van der Waals surface area (Å²) in [6.07, 6.45) is 0. The fourth-order valence-electron chi connectivity index (χ4n) is 1.60. The lowest BCUT2D eigenvalue weighted by Gasteiger charge is -2.10. The van der Waals surface area contributed by atoms with Gasteiger partial charge in [0, 0.05) is 16.1 Å². The average molecular weight is 317 g/mol. The number of hydrogen-bond donors (Lipinski definition) is 0. The van der Waals surface area contributed by atoms with E-state index < -0.39 is 0 Å². The largest absolute Gasteiger partial charge is 0.192 e. The van der Waals surface area contributed by atoms with E-state index in [9.17, 15) is 0 Å². The van der Waals surface area contributed by atoms with E-state index >= 15 is 0 Å². The highest BCUT2D eigenvalue weighted by atomic mass is 35.5. The Hall–Kier alpha value is -0.910. The molecule has 0 unspecified atom stereocenters. The number of rotatable bonds is 1. The zero-order chi connectivity index (χ0) is 13.3. The molecule has 2 aromatic carbocycles. The molecule has 18 heavy (non-hydrogen) atoms. The highest BCUT2D eigenvalue weighted by Gasteiger charge is 2.15. The van der Waals surface area contributed by atoms with Gasteiger partial charge in [-0.15, -0.1) is 0 Å². The van der Waals surface area contributed by atoms with Crippen LogP contribution in [0.25, 0.3) is 11.1 Å². The number of nitrogens with zero attached hydrogens (tertiary/aromatic N) is 1. The summed E-state index contributed by atoms with van der Waals surface area (Å²) in [6.45, 7) is 0. The summed E-state index contributed by atoms with van der Waals surface area (Å²) in [4.78, 5) is 0. The van der Waals surface area contributed by atoms with Crippen LogP contribution in [0.15, 0.2) is 30.3 Å². The van der Waals surface area contributed by atoms with Crippen LogP contribution in [0, 0.1) is 11.3 Å². The van der Waals surface area contributed by atoms with E-state index in [1.165, 1.54) is 0 Å². The van der Waals surface area contributed by atoms with Gasteiger partial charge in [-0.2, -0.15) is 5.26 Å². The number of benzene rings is 2. The molecule has 0 bridgehead atoms. The van der Waals surface area contributed by atoms with Crippen molar-refractivity contribution < 1.29 is 0 Å². The zero-order valence-corrected chi connectivity index (χ0v) is 11.9. The van der Waals surface area contributed by atoms with Crippen LogP contribution < -0.4 is 0 Å². The van der Waals surface area contributed by atoms with Crippen LogP contribution in [-0.4, -0.2) is 0 Å². The minimum absolute atomic E-state index is 0.322. The summed E-state index contributed by atoms with van der Waals surface area (Å²) < 4.78 is 0. The monoisotopic (exact) mass is 315 g/mol. The molecule has 2 aromatic rings. The van der Waals surface area contributed by atoms with Gasteiger partial charge >= 0.3 is 0 Å². The maximum absolute atomic E-state index is 9.13. The first-order valence-electron chi connectivity index (χ1n) is 4.88. The Kier molecular flexibility index (Phi) is 4.04. The van der Waals surface area contributed by atoms with Crippen molar-refractivity contribution in [3.63, 3.8) is 0 Å². The summed E-state index contributed by atoms with van der Waals surface area (Å²) in [5, 5.41) is 10.7. The predicted molar refractivity (Wildman–Crippen MR) is 76.6 cm³/mol. The molecular formula is C13H5Cl4N. The summed E-state index contributed by atoms with van der Waals surface area (Å²) in [7, 11) is 0. The minimum Gasteiger partial charge on any atom is -0.192 e. The van der Waals surface area contributed by atoms with Crippen LogP contribution in [0.5, 0.6) is 0 Å². The van der Waals surface area contributed by atoms with Crippen molar-refractivity contribution in [2.45, 2.75) is 0 Å². The topological polar surface area (TPSA) is 23.8 Å². The summed E-state index contributed by atoms with van der Waals surface area (Å²) in [5.74, 6) is 0. The molecule has 0 aliphatic carbocycles. The van der Waals surface area contributed by atoms with Crippen molar-refractivity contribution in [1.29, 1.82) is 5.26 Å². The Morgan fingerprint density at radius 2 is 1.56 bits per heavy atom. The molecule has 2 rings (SSSR count). The standard InChI is InChI=1S/C13H5Cl4N/c14-8-1-2-9(7(5-8)6-18)12-10(15)3-4-11(16)13(12)17/h1-5H. The van der Waals surface area contributed by atoms with Crippen molar-refractivity contribution in [3.05, 3.63) is 56.0 Å². The average Bonchev–Trinajstić information content (AvgIpc) is 2.36. The molecule has 0 aliphatic heterocycles. The van der Waals surface area contributed by atoms with E-state index in [1.807, 2.05) is 0 Å². The maximum atomic E-state index is 9.13. The van der Waals surface area contributed by atoms with Gasteiger partial charge < -0.3 is 0 Å². The van der Waals surface area contributed by atoms with E-state index in [2.05, 4.69) is 6.07 Å². The second-order valence-corrected chi connectivity index (χ2v) is 5.15. The third-order valence-corrected chi connectivity index (χ3v) is 3.77. The van der Waals surface area contributed by atoms with Crippen molar-refractivity contribution in [2.24, 2.45) is 0 Å². The molecule has 0 amide bonds. The highest BCUT2D eigenvalue weighted by molar-refractivity contribution is 6.46. The van der Waals surface area contributed by atoms with Gasteiger partial charge in [-0.3, -0.25) is 0 Å². The van der Waals surface area contributed by atoms with Gasteiger partial charge in [0.05, 0.1) is 26.7 Å². The molecule has 0 atom stereocenters. The van der Waals surface area contributed by atoms with Gasteiger partial charge in [0.25, 0.3) is 0 Å². The molecule has 0 fully saturated rings. The Morgan fingerprint density at radius 1 is 0.889 bits per heavy atom. The van der Waals surface area contributed by atoms with Crippen molar-refractivity contribution in [2.75, 3.05) is 0 Å². The predicted octanol–water partition coefficient (Wildman–Crippen LogP) is 5.84. The first-order valence-corrected chi connectivity index (χ1v) is 6.39. The molecular weight excluding hydrogens is 312 g/mol. The number of hydrogen-bond acceptors (Lipinski definition) is 1. The zero-order valence-electron chi connectivity index (χ0n) is 8.85. The molecule has 5 heteroatoms. The van der Waals surface area contributed by atoms with Gasteiger partial charge in [0.2, 0.25) is 0 Å². The van der Waals surface area contributed by atoms with Crippen LogP contribution in [0.1, 0.15) is 5.56 Å². The quantitative estimate of drug-likeness (QED) is 0.606. The lowest BCUT2D eigenvalue weighted by Crippen LogP contribution is -1.88. The summed E-state index contributed by atoms with van der Waals surface area (Å²) in [5.41, 5.74) is 1.55. The number of nitriles is 1. The molecule has 0 heterocycles. The second kappa shape index (κ2) is 5.38. The highest BCUT2D eigenvalue weighted by Crippen LogP contribution is 2.40. The third-order valence-electron chi connectivity index (χ3n) is 2.42. The van der Waals surface area contributed by atoms with Gasteiger partial charge in [0.1, 0.15) is 0 Å². The van der Waals surface area contributed by atoms with Crippen molar-refractivity contribution in [1.82, 2.24) is 0 Å². The second-order valence-electron chi connectivity index (χ2n) is 3.52. The molecule has 0 saturated heterocycles. The Bertz CT molecular complexity index is 659. The molecule has 0 spiro atoms. The van der Waals surface area contributed by atoms with Crippen LogP contribution in [-0.2, 0) is 0 Å². The molecule has 0 saturated carbocycles. The maximum Gasteiger partial charge on any atom is 0.0998 e. The summed E-state index contributed by atoms with van der Waals surface area (Å²) in [6, 6.07) is 10.2. The molecule has 0 aliphatic rings. The Balaban J connectivity index is 2.78. The van der Waals surface area contributed by atoms with E-state index in [0.717, 1.165) is 0 Å². The van der Waals surface area contributed by atoms with E-state index in [-0.39, 0.29) is 0 Å². The lowest BCUT2D eigenvalue weighted by atomic mass is 10.0. The van der Waals surface area contributed by atoms with E-state index in [4.69, 9.17) is 51.7 Å². The van der Waals surface area contributed by atoms with Gasteiger partial charge in [0.15, 0.2) is 0 Å². The number of halogens is 4. The summed E-state index contributed by atoms with van der Waals surface area (Å²) >= 11 is 24.1. The molecule has 0 radical (unpaired) electrons. The van der Waals surface area contributed by atoms with E-state index in [1.54, 1.807) is 30.3 Å². The van der Waals surface area contributed by atoms with Crippen LogP contribution >= 0.6 is 46.4 Å². The fraction of sp³-hybridized carbons (Fsp3) is 0. The molecule has 90 valence electrons. The smallest absolute Gasteiger partial charge is 0.0998 e. The Morgan fingerprint density at radius 3 is 2.22 bits per heavy atom. The van der Waals surface area contributed by atoms with Crippen molar-refractivity contribution in [3.8, 4) is 17.2 Å². The third kappa shape index (κ3) is 2.43. The van der Waals surface area contributed by atoms with Gasteiger partial charge in [-0.1, -0.05) is 52.5 Å². The van der Waals surface area contributed by atoms with Gasteiger partial charge in [-0.25, -0.2) is 0 Å². The first-order chi connectivity index (χ1) is 8.54. The van der Waals surface area contributed by atoms with Crippen LogP contribution in [0.3, 0.4) is 0 Å². The normalized spacial score (nSPS) is 10.2. The van der Waals surface area contributed by atoms with Crippen molar-refractivity contribution >= 4 is 46.4 Å². The first kappa shape index (κ1) is 13.5.